The number of ether oxygens (including phenoxy) is 1. The molecule has 3 nitrogen and oxygen atoms in total. The van der Waals surface area contributed by atoms with Crippen LogP contribution in [-0.4, -0.2) is 18.4 Å². The van der Waals surface area contributed by atoms with E-state index >= 15 is 0 Å². The summed E-state index contributed by atoms with van der Waals surface area (Å²) in [6.45, 7) is 5.95. The first-order chi connectivity index (χ1) is 6.06. The molecule has 0 spiro atoms. The maximum Gasteiger partial charge on any atom is 0.306 e. The maximum atomic E-state index is 11.0. The minimum Gasteiger partial charge on any atom is -0.465 e. The molecule has 0 unspecified atom stereocenters. The molecule has 76 valence electrons. The molecule has 0 N–H and O–H groups in total. The van der Waals surface area contributed by atoms with E-state index in [9.17, 15) is 9.59 Å². The van der Waals surface area contributed by atoms with Gasteiger partial charge in [-0.15, -0.1) is 0 Å². The summed E-state index contributed by atoms with van der Waals surface area (Å²) in [5.74, 6) is 0.241. The lowest BCUT2D eigenvalue weighted by Crippen LogP contribution is -2.11. The Kier molecular flexibility index (Phi) is 6.20. The van der Waals surface area contributed by atoms with Gasteiger partial charge in [0.15, 0.2) is 0 Å². The van der Waals surface area contributed by atoms with E-state index < -0.39 is 0 Å². The molecule has 13 heavy (non-hydrogen) atoms. The normalized spacial score (nSPS) is 10.2. The van der Waals surface area contributed by atoms with E-state index in [0.717, 1.165) is 0 Å². The second kappa shape index (κ2) is 6.63. The molecule has 0 bridgehead atoms. The Labute approximate surface area is 79.5 Å². The highest BCUT2D eigenvalue weighted by Crippen LogP contribution is 2.01. The van der Waals surface area contributed by atoms with E-state index in [1.165, 1.54) is 0 Å². The van der Waals surface area contributed by atoms with Crippen molar-refractivity contribution in [2.24, 2.45) is 5.92 Å². The van der Waals surface area contributed by atoms with E-state index in [4.69, 9.17) is 4.74 Å². The molecule has 3 heteroatoms. The van der Waals surface area contributed by atoms with Crippen LogP contribution in [0.2, 0.25) is 0 Å². The standard InChI is InChI=1S/C10H18O3/c1-4-9(11)5-6-13-10(12)7-8(2)3/h8H,4-7H2,1-3H3. The van der Waals surface area contributed by atoms with Crippen molar-refractivity contribution in [3.63, 3.8) is 0 Å². The maximum absolute atomic E-state index is 11.0. The summed E-state index contributed by atoms with van der Waals surface area (Å²) in [7, 11) is 0. The molecule has 0 heterocycles. The van der Waals surface area contributed by atoms with Gasteiger partial charge in [-0.2, -0.15) is 0 Å². The van der Waals surface area contributed by atoms with E-state index in [0.29, 0.717) is 25.2 Å². The lowest BCUT2D eigenvalue weighted by atomic mass is 10.1. The zero-order valence-corrected chi connectivity index (χ0v) is 8.63. The Morgan fingerprint density at radius 2 is 1.92 bits per heavy atom. The number of carbonyl (C=O) groups is 2. The van der Waals surface area contributed by atoms with Gasteiger partial charge in [0.1, 0.15) is 5.78 Å². The van der Waals surface area contributed by atoms with Crippen LogP contribution in [0.1, 0.15) is 40.0 Å². The minimum absolute atomic E-state index is 0.136. The Morgan fingerprint density at radius 1 is 1.31 bits per heavy atom. The Bertz CT molecular complexity index is 173. The first kappa shape index (κ1) is 12.1. The monoisotopic (exact) mass is 186 g/mol. The number of hydrogen-bond donors (Lipinski definition) is 0. The zero-order valence-electron chi connectivity index (χ0n) is 8.63. The van der Waals surface area contributed by atoms with Crippen molar-refractivity contribution in [3.05, 3.63) is 0 Å². The highest BCUT2D eigenvalue weighted by atomic mass is 16.5. The number of rotatable bonds is 6. The molecule has 0 aromatic rings. The minimum atomic E-state index is -0.209. The summed E-state index contributed by atoms with van der Waals surface area (Å²) in [5, 5.41) is 0. The number of hydrogen-bond acceptors (Lipinski definition) is 3. The van der Waals surface area contributed by atoms with Gasteiger partial charge in [-0.3, -0.25) is 9.59 Å². The number of Topliss-reactive ketones (excluding diaryl/α,β-unsaturated/α-hetero) is 1. The zero-order chi connectivity index (χ0) is 10.3. The van der Waals surface area contributed by atoms with Crippen molar-refractivity contribution in [3.8, 4) is 0 Å². The predicted octanol–water partition coefficient (Wildman–Crippen LogP) is 1.94. The third-order valence-electron chi connectivity index (χ3n) is 1.61. The molecule has 0 saturated carbocycles. The Hall–Kier alpha value is -0.860. The van der Waals surface area contributed by atoms with Crippen molar-refractivity contribution >= 4 is 11.8 Å². The largest absolute Gasteiger partial charge is 0.465 e. The number of carbonyl (C=O) groups excluding carboxylic acids is 2. The number of ketones is 1. The van der Waals surface area contributed by atoms with E-state index in [1.807, 2.05) is 13.8 Å². The fourth-order valence-corrected chi connectivity index (χ4v) is 0.848. The molecular weight excluding hydrogens is 168 g/mol. The van der Waals surface area contributed by atoms with Crippen molar-refractivity contribution < 1.29 is 14.3 Å². The number of esters is 1. The molecular formula is C10H18O3. The van der Waals surface area contributed by atoms with Crippen LogP contribution in [-0.2, 0) is 14.3 Å². The van der Waals surface area contributed by atoms with Crippen LogP contribution < -0.4 is 0 Å². The van der Waals surface area contributed by atoms with E-state index in [1.54, 1.807) is 6.92 Å². The van der Waals surface area contributed by atoms with E-state index in [2.05, 4.69) is 0 Å². The molecule has 0 radical (unpaired) electrons. The smallest absolute Gasteiger partial charge is 0.306 e. The van der Waals surface area contributed by atoms with Gasteiger partial charge in [0.2, 0.25) is 0 Å². The van der Waals surface area contributed by atoms with Crippen molar-refractivity contribution in [1.29, 1.82) is 0 Å². The summed E-state index contributed by atoms with van der Waals surface area (Å²) in [6.07, 6.45) is 1.29. The first-order valence-electron chi connectivity index (χ1n) is 4.73. The second-order valence-electron chi connectivity index (χ2n) is 3.46. The van der Waals surface area contributed by atoms with Gasteiger partial charge < -0.3 is 4.74 Å². The summed E-state index contributed by atoms with van der Waals surface area (Å²) < 4.78 is 4.87. The van der Waals surface area contributed by atoms with Crippen LogP contribution >= 0.6 is 0 Å². The highest BCUT2D eigenvalue weighted by molar-refractivity contribution is 5.78. The topological polar surface area (TPSA) is 43.4 Å². The molecule has 0 fully saturated rings. The van der Waals surface area contributed by atoms with Crippen LogP contribution in [0.4, 0.5) is 0 Å². The Morgan fingerprint density at radius 3 is 2.38 bits per heavy atom. The quantitative estimate of drug-likeness (QED) is 0.595. The molecule has 0 atom stereocenters. The summed E-state index contributed by atoms with van der Waals surface area (Å²) in [5.41, 5.74) is 0. The van der Waals surface area contributed by atoms with Gasteiger partial charge in [-0.1, -0.05) is 20.8 Å². The predicted molar refractivity (Wildman–Crippen MR) is 50.3 cm³/mol. The molecule has 0 amide bonds. The second-order valence-corrected chi connectivity index (χ2v) is 3.46. The van der Waals surface area contributed by atoms with E-state index in [-0.39, 0.29) is 18.4 Å². The summed E-state index contributed by atoms with van der Waals surface area (Å²) in [4.78, 5) is 21.8. The molecule has 0 saturated heterocycles. The van der Waals surface area contributed by atoms with Gasteiger partial charge in [0, 0.05) is 19.3 Å². The lowest BCUT2D eigenvalue weighted by molar-refractivity contribution is -0.145. The molecule has 0 aromatic carbocycles. The SMILES string of the molecule is CCC(=O)CCOC(=O)CC(C)C. The van der Waals surface area contributed by atoms with Gasteiger partial charge >= 0.3 is 5.97 Å². The lowest BCUT2D eigenvalue weighted by Gasteiger charge is -2.05. The van der Waals surface area contributed by atoms with Crippen LogP contribution in [0.5, 0.6) is 0 Å². The third-order valence-corrected chi connectivity index (χ3v) is 1.61. The fourth-order valence-electron chi connectivity index (χ4n) is 0.848. The van der Waals surface area contributed by atoms with Crippen LogP contribution in [0.25, 0.3) is 0 Å². The van der Waals surface area contributed by atoms with Gasteiger partial charge in [-0.05, 0) is 5.92 Å². The van der Waals surface area contributed by atoms with Gasteiger partial charge in [-0.25, -0.2) is 0 Å². The molecule has 0 aliphatic heterocycles. The third kappa shape index (κ3) is 7.50. The first-order valence-corrected chi connectivity index (χ1v) is 4.73. The van der Waals surface area contributed by atoms with Crippen LogP contribution in [0.3, 0.4) is 0 Å². The van der Waals surface area contributed by atoms with Crippen LogP contribution in [0.15, 0.2) is 0 Å². The van der Waals surface area contributed by atoms with Crippen molar-refractivity contribution in [1.82, 2.24) is 0 Å². The Balaban J connectivity index is 3.42. The van der Waals surface area contributed by atoms with Crippen molar-refractivity contribution in [2.75, 3.05) is 6.61 Å². The molecule has 0 aliphatic carbocycles. The summed E-state index contributed by atoms with van der Waals surface area (Å²) >= 11 is 0. The van der Waals surface area contributed by atoms with Gasteiger partial charge in [0.25, 0.3) is 0 Å². The van der Waals surface area contributed by atoms with Crippen LogP contribution in [0, 0.1) is 5.92 Å². The summed E-state index contributed by atoms with van der Waals surface area (Å²) in [6, 6.07) is 0. The van der Waals surface area contributed by atoms with Crippen molar-refractivity contribution in [2.45, 2.75) is 40.0 Å². The highest BCUT2D eigenvalue weighted by Gasteiger charge is 2.06. The van der Waals surface area contributed by atoms with Gasteiger partial charge in [0.05, 0.1) is 6.61 Å². The average Bonchev–Trinajstić information content (AvgIpc) is 2.02. The molecule has 0 rings (SSSR count). The fraction of sp³-hybridized carbons (Fsp3) is 0.800. The molecule has 0 aliphatic rings. The average molecular weight is 186 g/mol. The molecule has 0 aromatic heterocycles.